The lowest BCUT2D eigenvalue weighted by molar-refractivity contribution is -0.126. The Morgan fingerprint density at radius 3 is 2.61 bits per heavy atom. The van der Waals surface area contributed by atoms with Gasteiger partial charge in [0.2, 0.25) is 5.91 Å². The van der Waals surface area contributed by atoms with E-state index in [-0.39, 0.29) is 18.1 Å². The standard InChI is InChI=1S/C14H25NO3/c1-2-18-12-7-11(8-12)9-13(17)15-14(10-16)5-3-4-6-14/h11-12,16H,2-10H2,1H3,(H,15,17). The summed E-state index contributed by atoms with van der Waals surface area (Å²) >= 11 is 0. The maximum atomic E-state index is 12.0. The number of nitrogens with one attached hydrogen (secondary N) is 1. The minimum Gasteiger partial charge on any atom is -0.394 e. The van der Waals surface area contributed by atoms with E-state index in [0.717, 1.165) is 45.1 Å². The van der Waals surface area contributed by atoms with Crippen molar-refractivity contribution in [1.29, 1.82) is 0 Å². The summed E-state index contributed by atoms with van der Waals surface area (Å²) < 4.78 is 5.49. The van der Waals surface area contributed by atoms with Gasteiger partial charge in [-0.15, -0.1) is 0 Å². The third-order valence-electron chi connectivity index (χ3n) is 4.34. The van der Waals surface area contributed by atoms with Gasteiger partial charge in [0.05, 0.1) is 18.2 Å². The third kappa shape index (κ3) is 3.23. The van der Waals surface area contributed by atoms with Gasteiger partial charge in [-0.25, -0.2) is 0 Å². The number of aliphatic hydroxyl groups excluding tert-OH is 1. The van der Waals surface area contributed by atoms with Crippen molar-refractivity contribution in [2.75, 3.05) is 13.2 Å². The lowest BCUT2D eigenvalue weighted by Gasteiger charge is -2.36. The van der Waals surface area contributed by atoms with Gasteiger partial charge in [-0.3, -0.25) is 4.79 Å². The van der Waals surface area contributed by atoms with Crippen LogP contribution >= 0.6 is 0 Å². The number of rotatable bonds is 6. The molecule has 1 amide bonds. The minimum absolute atomic E-state index is 0.0744. The van der Waals surface area contributed by atoms with Crippen molar-refractivity contribution in [1.82, 2.24) is 5.32 Å². The molecule has 4 nitrogen and oxygen atoms in total. The van der Waals surface area contributed by atoms with Crippen LogP contribution in [0.3, 0.4) is 0 Å². The van der Waals surface area contributed by atoms with Crippen LogP contribution < -0.4 is 5.32 Å². The van der Waals surface area contributed by atoms with E-state index in [0.29, 0.717) is 18.4 Å². The molecule has 0 atom stereocenters. The zero-order chi connectivity index (χ0) is 13.0. The summed E-state index contributed by atoms with van der Waals surface area (Å²) in [6.45, 7) is 2.84. The zero-order valence-corrected chi connectivity index (χ0v) is 11.3. The number of amides is 1. The second-order valence-corrected chi connectivity index (χ2v) is 5.81. The van der Waals surface area contributed by atoms with Crippen molar-refractivity contribution in [2.45, 2.75) is 63.5 Å². The van der Waals surface area contributed by atoms with Crippen LogP contribution in [-0.2, 0) is 9.53 Å². The summed E-state index contributed by atoms with van der Waals surface area (Å²) in [4.78, 5) is 12.0. The first-order valence-corrected chi connectivity index (χ1v) is 7.21. The molecular formula is C14H25NO3. The molecule has 2 saturated carbocycles. The van der Waals surface area contributed by atoms with Crippen LogP contribution in [0.15, 0.2) is 0 Å². The monoisotopic (exact) mass is 255 g/mol. The Labute approximate surface area is 109 Å². The molecule has 2 rings (SSSR count). The number of ether oxygens (including phenoxy) is 1. The molecule has 0 radical (unpaired) electrons. The smallest absolute Gasteiger partial charge is 0.220 e. The van der Waals surface area contributed by atoms with Crippen molar-refractivity contribution in [3.8, 4) is 0 Å². The largest absolute Gasteiger partial charge is 0.394 e. The molecule has 0 aliphatic heterocycles. The minimum atomic E-state index is -0.319. The Morgan fingerprint density at radius 1 is 1.39 bits per heavy atom. The second-order valence-electron chi connectivity index (χ2n) is 5.81. The second kappa shape index (κ2) is 6.02. The first kappa shape index (κ1) is 13.8. The zero-order valence-electron chi connectivity index (χ0n) is 11.3. The lowest BCUT2D eigenvalue weighted by Crippen LogP contribution is -2.50. The van der Waals surface area contributed by atoms with Crippen molar-refractivity contribution in [3.05, 3.63) is 0 Å². The van der Waals surface area contributed by atoms with Gasteiger partial charge in [0.25, 0.3) is 0 Å². The number of aliphatic hydroxyl groups is 1. The fourth-order valence-electron chi connectivity index (χ4n) is 3.20. The highest BCUT2D eigenvalue weighted by atomic mass is 16.5. The normalized spacial score (nSPS) is 29.9. The van der Waals surface area contributed by atoms with Gasteiger partial charge < -0.3 is 15.2 Å². The molecule has 4 heteroatoms. The molecule has 2 N–H and O–H groups in total. The maximum Gasteiger partial charge on any atom is 0.220 e. The maximum absolute atomic E-state index is 12.0. The van der Waals surface area contributed by atoms with Gasteiger partial charge in [-0.1, -0.05) is 12.8 Å². The molecule has 0 aromatic rings. The van der Waals surface area contributed by atoms with Gasteiger partial charge in [0.1, 0.15) is 0 Å². The van der Waals surface area contributed by atoms with Crippen molar-refractivity contribution in [2.24, 2.45) is 5.92 Å². The van der Waals surface area contributed by atoms with Crippen LogP contribution in [0.25, 0.3) is 0 Å². The Kier molecular flexibility index (Phi) is 4.62. The number of hydrogen-bond acceptors (Lipinski definition) is 3. The van der Waals surface area contributed by atoms with Crippen LogP contribution in [0.2, 0.25) is 0 Å². The van der Waals surface area contributed by atoms with E-state index >= 15 is 0 Å². The highest BCUT2D eigenvalue weighted by Gasteiger charge is 2.36. The highest BCUT2D eigenvalue weighted by molar-refractivity contribution is 5.77. The summed E-state index contributed by atoms with van der Waals surface area (Å²) in [5, 5.41) is 12.5. The first-order chi connectivity index (χ1) is 8.67. The molecule has 0 unspecified atom stereocenters. The number of carbonyl (C=O) groups is 1. The van der Waals surface area contributed by atoms with Crippen LogP contribution in [-0.4, -0.2) is 35.9 Å². The van der Waals surface area contributed by atoms with E-state index in [1.807, 2.05) is 6.92 Å². The van der Waals surface area contributed by atoms with Gasteiger partial charge in [-0.05, 0) is 38.5 Å². The average Bonchev–Trinajstić information content (AvgIpc) is 2.75. The molecule has 0 aromatic carbocycles. The van der Waals surface area contributed by atoms with Crippen LogP contribution in [0.4, 0.5) is 0 Å². The quantitative estimate of drug-likeness (QED) is 0.758. The molecule has 2 fully saturated rings. The van der Waals surface area contributed by atoms with Crippen LogP contribution in [0, 0.1) is 5.92 Å². The Hall–Kier alpha value is -0.610. The lowest BCUT2D eigenvalue weighted by atomic mass is 9.79. The third-order valence-corrected chi connectivity index (χ3v) is 4.34. The number of hydrogen-bond donors (Lipinski definition) is 2. The summed E-state index contributed by atoms with van der Waals surface area (Å²) in [6.07, 6.45) is 7.02. The van der Waals surface area contributed by atoms with Gasteiger partial charge in [0.15, 0.2) is 0 Å². The molecule has 18 heavy (non-hydrogen) atoms. The fourth-order valence-corrected chi connectivity index (χ4v) is 3.20. The Bertz CT molecular complexity index is 281. The molecular weight excluding hydrogens is 230 g/mol. The molecule has 2 aliphatic carbocycles. The summed E-state index contributed by atoms with van der Waals surface area (Å²) in [5.41, 5.74) is -0.319. The topological polar surface area (TPSA) is 58.6 Å². The first-order valence-electron chi connectivity index (χ1n) is 7.21. The average molecular weight is 255 g/mol. The van der Waals surface area contributed by atoms with Crippen molar-refractivity contribution in [3.63, 3.8) is 0 Å². The van der Waals surface area contributed by atoms with Gasteiger partial charge in [-0.2, -0.15) is 0 Å². The summed E-state index contributed by atoms with van der Waals surface area (Å²) in [5.74, 6) is 0.574. The van der Waals surface area contributed by atoms with E-state index in [9.17, 15) is 9.90 Å². The van der Waals surface area contributed by atoms with E-state index in [1.54, 1.807) is 0 Å². The summed E-state index contributed by atoms with van der Waals surface area (Å²) in [6, 6.07) is 0. The number of carbonyl (C=O) groups excluding carboxylic acids is 1. The molecule has 0 aromatic heterocycles. The molecule has 104 valence electrons. The molecule has 0 heterocycles. The van der Waals surface area contributed by atoms with Gasteiger partial charge in [0, 0.05) is 13.0 Å². The fraction of sp³-hybridized carbons (Fsp3) is 0.929. The van der Waals surface area contributed by atoms with Crippen LogP contribution in [0.1, 0.15) is 51.9 Å². The predicted octanol–water partition coefficient (Wildman–Crippen LogP) is 1.61. The van der Waals surface area contributed by atoms with E-state index < -0.39 is 0 Å². The SMILES string of the molecule is CCOC1CC(CC(=O)NC2(CO)CCCC2)C1. The highest BCUT2D eigenvalue weighted by Crippen LogP contribution is 2.34. The van der Waals surface area contributed by atoms with Crippen molar-refractivity contribution >= 4 is 5.91 Å². The molecule has 0 bridgehead atoms. The van der Waals surface area contributed by atoms with Gasteiger partial charge >= 0.3 is 0 Å². The predicted molar refractivity (Wildman–Crippen MR) is 69.2 cm³/mol. The summed E-state index contributed by atoms with van der Waals surface area (Å²) in [7, 11) is 0. The van der Waals surface area contributed by atoms with E-state index in [2.05, 4.69) is 5.32 Å². The molecule has 0 saturated heterocycles. The Morgan fingerprint density at radius 2 is 2.06 bits per heavy atom. The molecule has 2 aliphatic rings. The van der Waals surface area contributed by atoms with Crippen molar-refractivity contribution < 1.29 is 14.6 Å². The molecule has 0 spiro atoms. The van der Waals surface area contributed by atoms with E-state index in [1.165, 1.54) is 0 Å². The van der Waals surface area contributed by atoms with E-state index in [4.69, 9.17) is 4.74 Å². The van der Waals surface area contributed by atoms with Crippen LogP contribution in [0.5, 0.6) is 0 Å². The Balaban J connectivity index is 1.69.